The fourth-order valence-electron chi connectivity index (χ4n) is 14.7. The lowest BCUT2D eigenvalue weighted by Gasteiger charge is -2.28. The van der Waals surface area contributed by atoms with E-state index in [0.29, 0.717) is 42.3 Å². The second kappa shape index (κ2) is 52.5. The summed E-state index contributed by atoms with van der Waals surface area (Å²) in [5.74, 6) is 1.02. The molecule has 8 aromatic carbocycles. The van der Waals surface area contributed by atoms with Gasteiger partial charge in [0.05, 0.1) is 41.8 Å². The number of esters is 3. The number of aromatic carboxylic acids is 1. The van der Waals surface area contributed by atoms with Gasteiger partial charge >= 0.3 is 23.9 Å². The van der Waals surface area contributed by atoms with E-state index in [0.717, 1.165) is 90.5 Å². The summed E-state index contributed by atoms with van der Waals surface area (Å²) in [6, 6.07) is 57.5. The first kappa shape index (κ1) is 97.6. The van der Waals surface area contributed by atoms with E-state index in [1.165, 1.54) is 153 Å². The number of likely N-dealkylation sites (tertiary alicyclic amines) is 3. The Bertz CT molecular complexity index is 4760. The van der Waals surface area contributed by atoms with Crippen molar-refractivity contribution in [1.82, 2.24) is 29.5 Å². The van der Waals surface area contributed by atoms with E-state index < -0.39 is 62.0 Å². The summed E-state index contributed by atoms with van der Waals surface area (Å²) in [6.45, 7) is 11.0. The number of nitrogens with zero attached hydrogens (tertiary/aromatic N) is 3. The van der Waals surface area contributed by atoms with Gasteiger partial charge in [-0.3, -0.25) is 24.0 Å². The van der Waals surface area contributed by atoms with Crippen LogP contribution in [-0.4, -0.2) is 190 Å². The summed E-state index contributed by atoms with van der Waals surface area (Å²) in [5.41, 5.74) is 10.9. The smallest absolute Gasteiger partial charge is 0.335 e. The molecule has 3 fully saturated rings. The largest absolute Gasteiger partial charge is 0.494 e. The van der Waals surface area contributed by atoms with Gasteiger partial charge in [0.15, 0.2) is 5.78 Å². The number of ether oxygens (including phenoxy) is 7. The zero-order chi connectivity index (χ0) is 88.3. The SMILES string of the molecule is CC(=O)COCCNC(=O)c1cccc(S(=O)(=O)N[C@@H](Cc2ccc(OCCCCC3CCN(C)CC3)cc2)C(=O)OCc2ccccc2)c1.CN1CCC(CCCCOc2ccc(C[C@H](N)C(=O)OCc3ccccc3)cc2)CC1.CN1CCC(CCCCOc2ccc(C[C@H](NS(=O)(=O)c3cccc(C(=O)O)c3)C(=O)OCc3ccccc3)cc2)CC1. The maximum atomic E-state index is 13.6. The number of amides is 1. The number of unbranched alkanes of at least 4 members (excludes halogenated alkanes) is 3. The molecule has 6 N–H and O–H groups in total. The molecule has 3 saturated heterocycles. The number of hydrogen-bond donors (Lipinski definition) is 5. The third-order valence-corrected chi connectivity index (χ3v) is 25.2. The zero-order valence-electron chi connectivity index (χ0n) is 72.1. The van der Waals surface area contributed by atoms with Crippen molar-refractivity contribution >= 4 is 55.6 Å². The van der Waals surface area contributed by atoms with Gasteiger partial charge in [-0.05, 0) is 288 Å². The molecule has 0 radical (unpaired) electrons. The van der Waals surface area contributed by atoms with Crippen molar-refractivity contribution in [1.29, 1.82) is 0 Å². The molecule has 3 heterocycles. The van der Waals surface area contributed by atoms with Gasteiger partial charge in [0.25, 0.3) is 5.91 Å². The normalized spacial score (nSPS) is 15.1. The predicted molar refractivity (Wildman–Crippen MR) is 478 cm³/mol. The topological polar surface area (TPSA) is 327 Å². The molecule has 8 aromatic rings. The van der Waals surface area contributed by atoms with Crippen LogP contribution in [0.4, 0.5) is 0 Å². The number of nitrogens with one attached hydrogen (secondary N) is 3. The van der Waals surface area contributed by atoms with Crippen molar-refractivity contribution in [2.45, 2.75) is 170 Å². The lowest BCUT2D eigenvalue weighted by Crippen LogP contribution is -2.43. The molecule has 0 spiro atoms. The standard InChI is InChI=1S/C38H49N3O8S.C33H40N2O7S.C26H36N2O3/c1-29(42)27-47-24-20-39-37(43)33-12-8-13-35(26-33)50(45,46)40-36(38(44)49-28-32-10-4-3-5-11-32)25-31-14-16-34(17-15-31)48-23-7-6-9-30-18-21-41(2)22-19-30;1-35-19-17-25(18-20-35)8-5-6-21-41-29-15-13-26(14-16-29)22-31(33(38)42-24-27-9-3-2-4-10-27)34-43(39,40)30-12-7-11-28(23-30)32(36)37;1-28-16-14-21(15-17-28)7-5-6-18-30-24-12-10-22(11-13-24)19-25(27)26(29)31-20-23-8-3-2-4-9-23/h3-5,8,10-17,26,30,36,40H,6-7,9,18-25,27-28H2,1-2H3,(H,39,43);2-4,7,9-16,23,25,31,34H,5-6,8,17-22,24H2,1H3,(H,36,37);2-4,8-13,21,25H,5-7,14-20,27H2,1H3/t36-;31-;25-/m000/s1. The number of carboxylic acid groups (broad SMARTS) is 1. The van der Waals surface area contributed by atoms with E-state index in [-0.39, 0.29) is 85.1 Å². The fourth-order valence-corrected chi connectivity index (χ4v) is 17.2. The summed E-state index contributed by atoms with van der Waals surface area (Å²) >= 11 is 0. The van der Waals surface area contributed by atoms with Crippen LogP contribution in [0.25, 0.3) is 0 Å². The van der Waals surface area contributed by atoms with Gasteiger partial charge in [-0.25, -0.2) is 21.6 Å². The molecular formula is C97H125N7O18S2. The Balaban J connectivity index is 0.000000216. The first-order chi connectivity index (χ1) is 59.9. The molecule has 11 rings (SSSR count). The fraction of sp³-hybridized carbons (Fsp3) is 0.443. The van der Waals surface area contributed by atoms with E-state index >= 15 is 0 Å². The molecule has 1 amide bonds. The highest BCUT2D eigenvalue weighted by Crippen LogP contribution is 2.27. The summed E-state index contributed by atoms with van der Waals surface area (Å²) < 4.78 is 97.7. The highest BCUT2D eigenvalue weighted by molar-refractivity contribution is 7.89. The number of carbonyl (C=O) groups is 6. The molecule has 0 saturated carbocycles. The summed E-state index contributed by atoms with van der Waals surface area (Å²) in [5, 5.41) is 11.9. The van der Waals surface area contributed by atoms with E-state index in [9.17, 15) is 50.7 Å². The van der Waals surface area contributed by atoms with E-state index in [2.05, 4.69) is 50.6 Å². The van der Waals surface area contributed by atoms with Crippen molar-refractivity contribution in [3.05, 3.63) is 257 Å². The number of ketones is 1. The third kappa shape index (κ3) is 36.2. The maximum absolute atomic E-state index is 13.6. The van der Waals surface area contributed by atoms with Crippen LogP contribution in [0.2, 0.25) is 0 Å². The Hall–Kier alpha value is -10.2. The highest BCUT2D eigenvalue weighted by Gasteiger charge is 2.31. The van der Waals surface area contributed by atoms with Crippen LogP contribution < -0.4 is 34.7 Å². The lowest BCUT2D eigenvalue weighted by atomic mass is 9.92. The molecule has 0 aromatic heterocycles. The quantitative estimate of drug-likeness (QED) is 0.0134. The molecule has 25 nitrogen and oxygen atoms in total. The first-order valence-corrected chi connectivity index (χ1v) is 46.3. The number of sulfonamides is 2. The second-order valence-corrected chi connectivity index (χ2v) is 35.9. The van der Waals surface area contributed by atoms with Crippen LogP contribution in [0.1, 0.15) is 157 Å². The van der Waals surface area contributed by atoms with Crippen LogP contribution in [-0.2, 0) is 97.3 Å². The molecule has 0 aliphatic carbocycles. The molecular weight excluding hydrogens is 1620 g/mol. The van der Waals surface area contributed by atoms with Gasteiger partial charge in [0, 0.05) is 12.1 Å². The minimum Gasteiger partial charge on any atom is -0.494 e. The zero-order valence-corrected chi connectivity index (χ0v) is 73.8. The molecule has 3 atom stereocenters. The van der Waals surface area contributed by atoms with Crippen molar-refractivity contribution in [2.24, 2.45) is 23.5 Å². The van der Waals surface area contributed by atoms with Crippen molar-refractivity contribution in [2.75, 3.05) is 100.0 Å². The van der Waals surface area contributed by atoms with Crippen LogP contribution in [0.15, 0.2) is 222 Å². The lowest BCUT2D eigenvalue weighted by molar-refractivity contribution is -0.147. The molecule has 3 aliphatic rings. The van der Waals surface area contributed by atoms with Gasteiger partial charge < -0.3 is 64.0 Å². The monoisotopic (exact) mass is 1740 g/mol. The van der Waals surface area contributed by atoms with Crippen LogP contribution in [0.3, 0.4) is 0 Å². The summed E-state index contributed by atoms with van der Waals surface area (Å²) in [4.78, 5) is 80.4. The highest BCUT2D eigenvalue weighted by atomic mass is 32.2. The van der Waals surface area contributed by atoms with Gasteiger partial charge in [-0.1, -0.05) is 159 Å². The van der Waals surface area contributed by atoms with E-state index in [1.54, 1.807) is 24.3 Å². The predicted octanol–water partition coefficient (Wildman–Crippen LogP) is 13.6. The van der Waals surface area contributed by atoms with Crippen molar-refractivity contribution in [3.63, 3.8) is 0 Å². The number of carbonyl (C=O) groups excluding carboxylic acids is 5. The van der Waals surface area contributed by atoms with Crippen LogP contribution in [0, 0.1) is 17.8 Å². The number of nitrogens with two attached hydrogens (primary N) is 1. The Morgan fingerprint density at radius 1 is 0.411 bits per heavy atom. The van der Waals surface area contributed by atoms with E-state index in [1.807, 2.05) is 140 Å². The third-order valence-electron chi connectivity index (χ3n) is 22.2. The average Bonchev–Trinajstić information content (AvgIpc) is 0.817. The summed E-state index contributed by atoms with van der Waals surface area (Å²) in [6.07, 6.45) is 18.6. The Morgan fingerprint density at radius 3 is 1.10 bits per heavy atom. The van der Waals surface area contributed by atoms with Gasteiger partial charge in [0.2, 0.25) is 20.0 Å². The Kier molecular flexibility index (Phi) is 41.4. The number of piperidine rings is 3. The number of benzene rings is 8. The number of rotatable bonds is 46. The van der Waals surface area contributed by atoms with Crippen molar-refractivity contribution < 1.29 is 83.9 Å². The molecule has 668 valence electrons. The number of Topliss-reactive ketones (excluding diaryl/α,β-unsaturated/α-hetero) is 1. The van der Waals surface area contributed by atoms with E-state index in [4.69, 9.17) is 38.9 Å². The van der Waals surface area contributed by atoms with Gasteiger partial charge in [0.1, 0.15) is 61.8 Å². The van der Waals surface area contributed by atoms with Gasteiger partial charge in [-0.2, -0.15) is 9.44 Å². The Morgan fingerprint density at radius 2 is 0.750 bits per heavy atom. The molecule has 3 aliphatic heterocycles. The Labute approximate surface area is 732 Å². The average molecular weight is 1740 g/mol. The summed E-state index contributed by atoms with van der Waals surface area (Å²) in [7, 11) is -1.94. The molecule has 0 bridgehead atoms. The second-order valence-electron chi connectivity index (χ2n) is 32.4. The van der Waals surface area contributed by atoms with Crippen LogP contribution in [0.5, 0.6) is 17.2 Å². The maximum Gasteiger partial charge on any atom is 0.335 e. The minimum absolute atomic E-state index is 0.0169. The number of hydrogen-bond acceptors (Lipinski definition) is 21. The molecule has 27 heteroatoms. The number of carboxylic acids is 1. The minimum atomic E-state index is -4.26. The van der Waals surface area contributed by atoms with Crippen LogP contribution >= 0.6 is 0 Å². The van der Waals surface area contributed by atoms with Gasteiger partial charge in [-0.15, -0.1) is 0 Å². The molecule has 0 unspecified atom stereocenters. The van der Waals surface area contributed by atoms with Crippen molar-refractivity contribution in [3.8, 4) is 17.2 Å². The molecule has 124 heavy (non-hydrogen) atoms. The first-order valence-electron chi connectivity index (χ1n) is 43.3.